The lowest BCUT2D eigenvalue weighted by atomic mass is 9.99. The van der Waals surface area contributed by atoms with Crippen molar-refractivity contribution in [3.05, 3.63) is 72.9 Å². The molecule has 9 nitrogen and oxygen atoms in total. The first kappa shape index (κ1) is 65.6. The van der Waals surface area contributed by atoms with E-state index in [1.807, 2.05) is 0 Å². The molecule has 0 aromatic heterocycles. The first-order chi connectivity index (χ1) is 34.4. The van der Waals surface area contributed by atoms with Crippen LogP contribution in [0.1, 0.15) is 245 Å². The highest BCUT2D eigenvalue weighted by Crippen LogP contribution is 2.23. The van der Waals surface area contributed by atoms with E-state index in [4.69, 9.17) is 18.9 Å². The number of carbonyl (C=O) groups excluding carboxylic acids is 1. The highest BCUT2D eigenvalue weighted by Gasteiger charge is 2.44. The Morgan fingerprint density at radius 3 is 1.31 bits per heavy atom. The molecule has 0 aromatic carbocycles. The predicted molar refractivity (Wildman–Crippen MR) is 293 cm³/mol. The summed E-state index contributed by atoms with van der Waals surface area (Å²) in [5.41, 5.74) is 0. The number of esters is 1. The molecule has 0 saturated carbocycles. The van der Waals surface area contributed by atoms with Gasteiger partial charge in [-0.15, -0.1) is 0 Å². The normalized spacial score (nSPS) is 19.4. The Balaban J connectivity index is 2.16. The number of rotatable bonds is 50. The van der Waals surface area contributed by atoms with Gasteiger partial charge in [-0.1, -0.05) is 228 Å². The molecule has 0 radical (unpaired) electrons. The molecule has 6 unspecified atom stereocenters. The molecule has 9 heteroatoms. The first-order valence-corrected chi connectivity index (χ1v) is 29.0. The number of allylic oxidation sites excluding steroid dienone is 12. The quantitative estimate of drug-likeness (QED) is 0.0267. The van der Waals surface area contributed by atoms with Gasteiger partial charge in [0.05, 0.1) is 19.8 Å². The number of hydrogen-bond acceptors (Lipinski definition) is 9. The van der Waals surface area contributed by atoms with Gasteiger partial charge in [0.15, 0.2) is 6.29 Å². The van der Waals surface area contributed by atoms with Gasteiger partial charge in [-0.3, -0.25) is 4.79 Å². The molecular formula is C61H108O9. The van der Waals surface area contributed by atoms with E-state index in [0.717, 1.165) is 64.2 Å². The molecule has 0 bridgehead atoms. The van der Waals surface area contributed by atoms with E-state index < -0.39 is 43.4 Å². The highest BCUT2D eigenvalue weighted by molar-refractivity contribution is 5.69. The van der Waals surface area contributed by atoms with Gasteiger partial charge >= 0.3 is 5.97 Å². The Morgan fingerprint density at radius 1 is 0.471 bits per heavy atom. The van der Waals surface area contributed by atoms with E-state index in [1.165, 1.54) is 161 Å². The fourth-order valence-electron chi connectivity index (χ4n) is 8.63. The van der Waals surface area contributed by atoms with E-state index in [0.29, 0.717) is 13.0 Å². The van der Waals surface area contributed by atoms with Crippen molar-refractivity contribution in [1.29, 1.82) is 0 Å². The summed E-state index contributed by atoms with van der Waals surface area (Å²) in [4.78, 5) is 12.9. The van der Waals surface area contributed by atoms with E-state index in [9.17, 15) is 25.2 Å². The monoisotopic (exact) mass is 985 g/mol. The molecule has 0 spiro atoms. The van der Waals surface area contributed by atoms with Crippen molar-refractivity contribution in [3.63, 3.8) is 0 Å². The number of carbonyl (C=O) groups is 1. The van der Waals surface area contributed by atoms with Crippen LogP contribution in [-0.4, -0.2) is 89.6 Å². The van der Waals surface area contributed by atoms with Crippen molar-refractivity contribution in [2.75, 3.05) is 26.4 Å². The van der Waals surface area contributed by atoms with Crippen molar-refractivity contribution in [1.82, 2.24) is 0 Å². The summed E-state index contributed by atoms with van der Waals surface area (Å²) in [6.45, 7) is 4.45. The molecule has 6 atom stereocenters. The largest absolute Gasteiger partial charge is 0.457 e. The Bertz CT molecular complexity index is 1310. The molecule has 406 valence electrons. The van der Waals surface area contributed by atoms with Gasteiger partial charge in [-0.25, -0.2) is 0 Å². The van der Waals surface area contributed by atoms with Crippen molar-refractivity contribution in [3.8, 4) is 0 Å². The molecule has 0 aromatic rings. The first-order valence-electron chi connectivity index (χ1n) is 29.0. The Labute approximate surface area is 429 Å². The summed E-state index contributed by atoms with van der Waals surface area (Å²) in [6, 6.07) is 0. The van der Waals surface area contributed by atoms with E-state index >= 15 is 0 Å². The summed E-state index contributed by atoms with van der Waals surface area (Å²) < 4.78 is 23.0. The third-order valence-corrected chi connectivity index (χ3v) is 13.1. The number of hydrogen-bond donors (Lipinski definition) is 4. The minimum atomic E-state index is -1.54. The van der Waals surface area contributed by atoms with Crippen LogP contribution in [0.2, 0.25) is 0 Å². The lowest BCUT2D eigenvalue weighted by Gasteiger charge is -2.39. The van der Waals surface area contributed by atoms with Crippen LogP contribution in [0.15, 0.2) is 72.9 Å². The van der Waals surface area contributed by atoms with Crippen LogP contribution in [0.5, 0.6) is 0 Å². The molecule has 0 aliphatic carbocycles. The summed E-state index contributed by atoms with van der Waals surface area (Å²) in [5.74, 6) is -0.316. The zero-order valence-corrected chi connectivity index (χ0v) is 45.0. The van der Waals surface area contributed by atoms with Crippen LogP contribution in [-0.2, 0) is 23.7 Å². The van der Waals surface area contributed by atoms with Gasteiger partial charge in [-0.2, -0.15) is 0 Å². The molecule has 1 heterocycles. The smallest absolute Gasteiger partial charge is 0.306 e. The molecular weight excluding hydrogens is 877 g/mol. The molecule has 1 aliphatic heterocycles. The summed E-state index contributed by atoms with van der Waals surface area (Å²) in [5, 5.41) is 40.4. The van der Waals surface area contributed by atoms with Crippen molar-refractivity contribution < 1.29 is 44.2 Å². The summed E-state index contributed by atoms with van der Waals surface area (Å²) in [7, 11) is 0. The average Bonchev–Trinajstić information content (AvgIpc) is 3.36. The van der Waals surface area contributed by atoms with Crippen molar-refractivity contribution >= 4 is 5.97 Å². The maximum atomic E-state index is 12.9. The Hall–Kier alpha value is -2.37. The van der Waals surface area contributed by atoms with Gasteiger partial charge in [0.2, 0.25) is 0 Å². The lowest BCUT2D eigenvalue weighted by Crippen LogP contribution is -2.59. The molecule has 0 amide bonds. The zero-order chi connectivity index (χ0) is 50.6. The molecule has 1 saturated heterocycles. The van der Waals surface area contributed by atoms with Crippen LogP contribution in [0.3, 0.4) is 0 Å². The average molecular weight is 986 g/mol. The predicted octanol–water partition coefficient (Wildman–Crippen LogP) is 15.2. The summed E-state index contributed by atoms with van der Waals surface area (Å²) >= 11 is 0. The maximum Gasteiger partial charge on any atom is 0.306 e. The lowest BCUT2D eigenvalue weighted by molar-refractivity contribution is -0.305. The number of ether oxygens (including phenoxy) is 4. The second kappa shape index (κ2) is 51.5. The van der Waals surface area contributed by atoms with Gasteiger partial charge in [0.1, 0.15) is 30.5 Å². The van der Waals surface area contributed by atoms with Gasteiger partial charge in [0, 0.05) is 13.0 Å². The van der Waals surface area contributed by atoms with Crippen molar-refractivity contribution in [2.45, 2.75) is 282 Å². The number of unbranched alkanes of at least 4 members (excludes halogenated alkanes) is 27. The second-order valence-corrected chi connectivity index (χ2v) is 19.7. The fraction of sp³-hybridized carbons (Fsp3) is 0.787. The van der Waals surface area contributed by atoms with Gasteiger partial charge in [0.25, 0.3) is 0 Å². The molecule has 4 N–H and O–H groups in total. The second-order valence-electron chi connectivity index (χ2n) is 19.7. The summed E-state index contributed by atoms with van der Waals surface area (Å²) in [6.07, 6.45) is 62.3. The van der Waals surface area contributed by atoms with Crippen LogP contribution in [0.25, 0.3) is 0 Å². The van der Waals surface area contributed by atoms with Crippen LogP contribution >= 0.6 is 0 Å². The number of aliphatic hydroxyl groups excluding tert-OH is 4. The standard InChI is InChI=1S/C61H108O9/c1-3-5-7-9-11-13-15-17-19-21-23-25-27-29-31-33-35-37-39-41-43-45-47-49-51-67-53-55(54-68-61-60(66)59(65)58(64)56(52-62)70-61)69-57(63)50-48-46-44-42-40-38-36-34-32-30-28-26-24-22-20-18-16-14-12-10-8-6-4-2/h5,7,11,13,16-19,22-25,55-56,58-62,64-66H,3-4,6,8-10,12,14-15,20-21,26-54H2,1-2H3/b7-5-,13-11-,18-16-,19-17-,24-22-,25-23-. The molecule has 70 heavy (non-hydrogen) atoms. The zero-order valence-electron chi connectivity index (χ0n) is 45.0. The van der Waals surface area contributed by atoms with Gasteiger partial charge < -0.3 is 39.4 Å². The van der Waals surface area contributed by atoms with Crippen molar-refractivity contribution in [2.24, 2.45) is 0 Å². The topological polar surface area (TPSA) is 135 Å². The van der Waals surface area contributed by atoms with Gasteiger partial charge in [-0.05, 0) is 83.5 Å². The molecule has 1 fully saturated rings. The molecule has 1 rings (SSSR count). The van der Waals surface area contributed by atoms with Crippen LogP contribution in [0, 0.1) is 0 Å². The van der Waals surface area contributed by atoms with E-state index in [-0.39, 0.29) is 19.2 Å². The minimum absolute atomic E-state index is 0.117. The van der Waals surface area contributed by atoms with E-state index in [1.54, 1.807) is 0 Å². The third-order valence-electron chi connectivity index (χ3n) is 13.1. The number of aliphatic hydroxyl groups is 4. The molecule has 1 aliphatic rings. The van der Waals surface area contributed by atoms with Crippen LogP contribution < -0.4 is 0 Å². The minimum Gasteiger partial charge on any atom is -0.457 e. The fourth-order valence-corrected chi connectivity index (χ4v) is 8.63. The third kappa shape index (κ3) is 41.1. The Morgan fingerprint density at radius 2 is 0.871 bits per heavy atom. The van der Waals surface area contributed by atoms with Crippen LogP contribution in [0.4, 0.5) is 0 Å². The van der Waals surface area contributed by atoms with E-state index in [2.05, 4.69) is 86.8 Å². The maximum absolute atomic E-state index is 12.9. The SMILES string of the molecule is CC/C=C\C/C=C\C/C=C\C/C=C\CCCCCCCCCCCCCOCC(COC1OC(CO)C(O)C(O)C1O)OC(=O)CCCCCCCCCCCCC/C=C\C/C=C\CCCCCCC. The highest BCUT2D eigenvalue weighted by atomic mass is 16.7. The Kier molecular flexibility index (Phi) is 48.3.